The summed E-state index contributed by atoms with van der Waals surface area (Å²) in [5.41, 5.74) is 1.36. The van der Waals surface area contributed by atoms with E-state index in [-0.39, 0.29) is 47.9 Å². The normalized spacial score (nSPS) is 48.7. The highest BCUT2D eigenvalue weighted by Crippen LogP contribution is 2.67. The van der Waals surface area contributed by atoms with E-state index in [2.05, 4.69) is 26.8 Å². The first kappa shape index (κ1) is 22.7. The molecular formula is C25H42O5. The van der Waals surface area contributed by atoms with E-state index in [0.29, 0.717) is 17.8 Å². The van der Waals surface area contributed by atoms with E-state index in [1.807, 2.05) is 0 Å². The predicted molar refractivity (Wildman–Crippen MR) is 115 cm³/mol. The SMILES string of the molecule is CC(C(O)CO)[C@H]1CC[C@H]2[C@@H]3CC=C4CC(C(O)CO)CC[C@]4(C)[C@H]3C(O)C[C@]12C. The summed E-state index contributed by atoms with van der Waals surface area (Å²) in [7, 11) is 0. The molecule has 0 heterocycles. The molecule has 3 fully saturated rings. The highest BCUT2D eigenvalue weighted by atomic mass is 16.3. The van der Waals surface area contributed by atoms with Gasteiger partial charge in [-0.1, -0.05) is 32.4 Å². The lowest BCUT2D eigenvalue weighted by molar-refractivity contribution is -0.135. The van der Waals surface area contributed by atoms with Gasteiger partial charge in [-0.2, -0.15) is 0 Å². The molecule has 0 saturated heterocycles. The van der Waals surface area contributed by atoms with Gasteiger partial charge in [0.1, 0.15) is 0 Å². The summed E-state index contributed by atoms with van der Waals surface area (Å²) in [6.45, 7) is 6.34. The zero-order chi connectivity index (χ0) is 21.8. The average molecular weight is 423 g/mol. The van der Waals surface area contributed by atoms with E-state index in [4.69, 9.17) is 0 Å². The van der Waals surface area contributed by atoms with Gasteiger partial charge in [-0.25, -0.2) is 0 Å². The number of rotatable bonds is 5. The monoisotopic (exact) mass is 422 g/mol. The summed E-state index contributed by atoms with van der Waals surface area (Å²) in [6, 6.07) is 0. The first-order chi connectivity index (χ1) is 14.2. The number of allylic oxidation sites excluding steroid dienone is 2. The van der Waals surface area contributed by atoms with Crippen molar-refractivity contribution < 1.29 is 25.5 Å². The second-order valence-corrected chi connectivity index (χ2v) is 11.5. The maximum absolute atomic E-state index is 11.5. The third-order valence-electron chi connectivity index (χ3n) is 10.3. The molecule has 4 aliphatic carbocycles. The third kappa shape index (κ3) is 3.31. The van der Waals surface area contributed by atoms with Crippen LogP contribution in [0.2, 0.25) is 0 Å². The Balaban J connectivity index is 1.61. The van der Waals surface area contributed by atoms with Crippen LogP contribution in [-0.4, -0.2) is 57.1 Å². The zero-order valence-electron chi connectivity index (χ0n) is 18.9. The van der Waals surface area contributed by atoms with E-state index < -0.39 is 12.2 Å². The van der Waals surface area contributed by atoms with Crippen molar-refractivity contribution in [3.05, 3.63) is 11.6 Å². The molecule has 5 nitrogen and oxygen atoms in total. The summed E-state index contributed by atoms with van der Waals surface area (Å²) < 4.78 is 0. The van der Waals surface area contributed by atoms with Gasteiger partial charge >= 0.3 is 0 Å². The molecule has 172 valence electrons. The molecule has 11 atom stereocenters. The number of fused-ring (bicyclic) bond motifs is 5. The van der Waals surface area contributed by atoms with Gasteiger partial charge in [-0.3, -0.25) is 0 Å². The number of aliphatic hydroxyl groups is 5. The topological polar surface area (TPSA) is 101 Å². The minimum absolute atomic E-state index is 0.00212. The Kier molecular flexibility index (Phi) is 6.17. The van der Waals surface area contributed by atoms with Gasteiger partial charge in [-0.05, 0) is 91.3 Å². The van der Waals surface area contributed by atoms with Crippen molar-refractivity contribution in [1.82, 2.24) is 0 Å². The molecule has 4 rings (SSSR count). The fraction of sp³-hybridized carbons (Fsp3) is 0.920. The van der Waals surface area contributed by atoms with Crippen molar-refractivity contribution in [2.75, 3.05) is 13.2 Å². The average Bonchev–Trinajstić information content (AvgIpc) is 3.07. The summed E-state index contributed by atoms with van der Waals surface area (Å²) in [5.74, 6) is 1.73. The van der Waals surface area contributed by atoms with Crippen LogP contribution in [0.15, 0.2) is 11.6 Å². The molecule has 0 radical (unpaired) electrons. The Morgan fingerprint density at radius 3 is 2.50 bits per heavy atom. The Bertz CT molecular complexity index is 664. The molecule has 0 bridgehead atoms. The van der Waals surface area contributed by atoms with Crippen LogP contribution in [0.5, 0.6) is 0 Å². The highest BCUT2D eigenvalue weighted by Gasteiger charge is 2.62. The molecule has 5 unspecified atom stereocenters. The Morgan fingerprint density at radius 2 is 1.83 bits per heavy atom. The Labute approximate surface area is 181 Å². The van der Waals surface area contributed by atoms with Crippen molar-refractivity contribution in [3.63, 3.8) is 0 Å². The van der Waals surface area contributed by atoms with E-state index in [1.54, 1.807) is 0 Å². The largest absolute Gasteiger partial charge is 0.394 e. The van der Waals surface area contributed by atoms with Gasteiger partial charge in [0.2, 0.25) is 0 Å². The number of hydrogen-bond donors (Lipinski definition) is 5. The molecule has 0 aromatic rings. The van der Waals surface area contributed by atoms with Crippen LogP contribution in [0, 0.1) is 46.3 Å². The molecule has 0 aromatic heterocycles. The highest BCUT2D eigenvalue weighted by molar-refractivity contribution is 5.26. The van der Waals surface area contributed by atoms with Gasteiger partial charge in [0, 0.05) is 0 Å². The van der Waals surface area contributed by atoms with E-state index in [9.17, 15) is 25.5 Å². The van der Waals surface area contributed by atoms with E-state index in [1.165, 1.54) is 5.57 Å². The second kappa shape index (κ2) is 8.15. The molecule has 0 amide bonds. The fourth-order valence-electron chi connectivity index (χ4n) is 8.64. The van der Waals surface area contributed by atoms with Gasteiger partial charge in [0.05, 0.1) is 31.5 Å². The van der Waals surface area contributed by atoms with Crippen molar-refractivity contribution in [2.45, 2.75) is 84.0 Å². The predicted octanol–water partition coefficient (Wildman–Crippen LogP) is 2.49. The van der Waals surface area contributed by atoms with Crippen LogP contribution in [0.1, 0.15) is 65.7 Å². The second-order valence-electron chi connectivity index (χ2n) is 11.5. The lowest BCUT2D eigenvalue weighted by atomic mass is 9.45. The van der Waals surface area contributed by atoms with Crippen molar-refractivity contribution in [2.24, 2.45) is 46.3 Å². The lowest BCUT2D eigenvalue weighted by Gasteiger charge is -2.60. The van der Waals surface area contributed by atoms with Crippen LogP contribution in [0.25, 0.3) is 0 Å². The number of hydrogen-bond acceptors (Lipinski definition) is 5. The van der Waals surface area contributed by atoms with E-state index >= 15 is 0 Å². The molecule has 0 aromatic carbocycles. The lowest BCUT2D eigenvalue weighted by Crippen LogP contribution is -2.57. The smallest absolute Gasteiger partial charge is 0.0802 e. The molecular weight excluding hydrogens is 380 g/mol. The van der Waals surface area contributed by atoms with Gasteiger partial charge < -0.3 is 25.5 Å². The quantitative estimate of drug-likeness (QED) is 0.438. The summed E-state index contributed by atoms with van der Waals surface area (Å²) in [6.07, 6.45) is 7.36. The van der Waals surface area contributed by atoms with E-state index in [0.717, 1.165) is 44.9 Å². The van der Waals surface area contributed by atoms with Crippen molar-refractivity contribution in [3.8, 4) is 0 Å². The van der Waals surface area contributed by atoms with Crippen LogP contribution >= 0.6 is 0 Å². The third-order valence-corrected chi connectivity index (χ3v) is 10.3. The van der Waals surface area contributed by atoms with Crippen LogP contribution in [0.3, 0.4) is 0 Å². The maximum Gasteiger partial charge on any atom is 0.0802 e. The summed E-state index contributed by atoms with van der Waals surface area (Å²) in [4.78, 5) is 0. The van der Waals surface area contributed by atoms with Crippen molar-refractivity contribution in [1.29, 1.82) is 0 Å². The molecule has 30 heavy (non-hydrogen) atoms. The minimum atomic E-state index is -0.691. The van der Waals surface area contributed by atoms with Crippen LogP contribution in [0.4, 0.5) is 0 Å². The number of aliphatic hydroxyl groups excluding tert-OH is 5. The van der Waals surface area contributed by atoms with Crippen LogP contribution in [-0.2, 0) is 0 Å². The Morgan fingerprint density at radius 1 is 1.10 bits per heavy atom. The van der Waals surface area contributed by atoms with Gasteiger partial charge in [-0.15, -0.1) is 0 Å². The fourth-order valence-corrected chi connectivity index (χ4v) is 8.64. The molecule has 0 spiro atoms. The summed E-state index contributed by atoms with van der Waals surface area (Å²) >= 11 is 0. The molecule has 0 aliphatic heterocycles. The summed E-state index contributed by atoms with van der Waals surface area (Å²) in [5, 5.41) is 50.9. The molecule has 5 N–H and O–H groups in total. The molecule has 5 heteroatoms. The van der Waals surface area contributed by atoms with Gasteiger partial charge in [0.25, 0.3) is 0 Å². The maximum atomic E-state index is 11.5. The van der Waals surface area contributed by atoms with Crippen LogP contribution < -0.4 is 0 Å². The Hall–Kier alpha value is -0.460. The zero-order valence-corrected chi connectivity index (χ0v) is 18.9. The standard InChI is InChI=1S/C25H42O5/c1-14(21(29)12-26)18-6-7-19-17-5-4-16-10-15(22(30)13-27)8-9-24(16,2)23(17)20(28)11-25(18,19)3/h4,14-15,17-23,26-30H,5-13H2,1-3H3/t14?,15?,17-,18+,19-,20?,21?,22?,23+,24-,25+/m0/s1. The van der Waals surface area contributed by atoms with Gasteiger partial charge in [0.15, 0.2) is 0 Å². The first-order valence-corrected chi connectivity index (χ1v) is 12.1. The minimum Gasteiger partial charge on any atom is -0.394 e. The van der Waals surface area contributed by atoms with Crippen molar-refractivity contribution >= 4 is 0 Å². The molecule has 3 saturated carbocycles. The molecule has 4 aliphatic rings. The first-order valence-electron chi connectivity index (χ1n) is 12.1.